The summed E-state index contributed by atoms with van der Waals surface area (Å²) in [7, 11) is 0. The number of nitrogens with zero attached hydrogens (tertiary/aromatic N) is 1. The molecule has 5 heteroatoms. The van der Waals surface area contributed by atoms with E-state index in [1.54, 1.807) is 0 Å². The van der Waals surface area contributed by atoms with E-state index in [1.807, 2.05) is 0 Å². The van der Waals surface area contributed by atoms with Crippen molar-refractivity contribution >= 4 is 11.9 Å². The molecular weight excluding hydrogens is 268 g/mol. The summed E-state index contributed by atoms with van der Waals surface area (Å²) < 4.78 is 0. The lowest BCUT2D eigenvalue weighted by Gasteiger charge is -2.43. The number of carbonyl (C=O) groups is 2. The molecule has 2 aliphatic rings. The fourth-order valence-electron chi connectivity index (χ4n) is 3.99. The molecule has 1 amide bonds. The molecule has 1 saturated carbocycles. The summed E-state index contributed by atoms with van der Waals surface area (Å²) in [5.74, 6) is 0.415. The molecular formula is C16H28N2O3. The predicted octanol–water partition coefficient (Wildman–Crippen LogP) is 1.87. The quantitative estimate of drug-likeness (QED) is 0.812. The molecule has 0 bridgehead atoms. The third kappa shape index (κ3) is 4.43. The van der Waals surface area contributed by atoms with Crippen molar-refractivity contribution in [2.45, 2.75) is 64.5 Å². The van der Waals surface area contributed by atoms with Crippen molar-refractivity contribution in [2.24, 2.45) is 11.8 Å². The minimum Gasteiger partial charge on any atom is -0.481 e. The molecule has 1 aliphatic carbocycles. The summed E-state index contributed by atoms with van der Waals surface area (Å²) in [6, 6.07) is -0.114. The molecule has 5 nitrogen and oxygen atoms in total. The fraction of sp³-hybridized carbons (Fsp3) is 0.875. The van der Waals surface area contributed by atoms with Crippen LogP contribution in [0.25, 0.3) is 0 Å². The number of hydrogen-bond acceptors (Lipinski definition) is 3. The van der Waals surface area contributed by atoms with Gasteiger partial charge in [0.05, 0.1) is 12.5 Å². The van der Waals surface area contributed by atoms with Crippen LogP contribution in [0.4, 0.5) is 0 Å². The molecule has 2 N–H and O–H groups in total. The zero-order valence-corrected chi connectivity index (χ0v) is 13.2. The largest absolute Gasteiger partial charge is 0.481 e. The summed E-state index contributed by atoms with van der Waals surface area (Å²) >= 11 is 0. The van der Waals surface area contributed by atoms with Crippen LogP contribution in [0.5, 0.6) is 0 Å². The van der Waals surface area contributed by atoms with Crippen LogP contribution in [0.15, 0.2) is 0 Å². The SMILES string of the molecule is CC(C)CC1CCCC(N2CCNC(=O)C2CC(=O)O)C1. The van der Waals surface area contributed by atoms with Gasteiger partial charge in [0.1, 0.15) is 0 Å². The number of rotatable bonds is 5. The van der Waals surface area contributed by atoms with Gasteiger partial charge in [0.15, 0.2) is 0 Å². The molecule has 120 valence electrons. The van der Waals surface area contributed by atoms with Crippen LogP contribution >= 0.6 is 0 Å². The van der Waals surface area contributed by atoms with Gasteiger partial charge in [-0.15, -0.1) is 0 Å². The van der Waals surface area contributed by atoms with Gasteiger partial charge in [0.25, 0.3) is 0 Å². The highest BCUT2D eigenvalue weighted by atomic mass is 16.4. The first-order valence-electron chi connectivity index (χ1n) is 8.22. The van der Waals surface area contributed by atoms with E-state index in [4.69, 9.17) is 5.11 Å². The summed E-state index contributed by atoms with van der Waals surface area (Å²) in [6.07, 6.45) is 5.83. The number of hydrogen-bond donors (Lipinski definition) is 2. The van der Waals surface area contributed by atoms with E-state index < -0.39 is 12.0 Å². The summed E-state index contributed by atoms with van der Waals surface area (Å²) in [5, 5.41) is 11.9. The van der Waals surface area contributed by atoms with Crippen molar-refractivity contribution in [3.05, 3.63) is 0 Å². The Balaban J connectivity index is 2.02. The lowest BCUT2D eigenvalue weighted by atomic mass is 9.80. The maximum absolute atomic E-state index is 12.0. The van der Waals surface area contributed by atoms with E-state index in [2.05, 4.69) is 24.1 Å². The Morgan fingerprint density at radius 2 is 2.19 bits per heavy atom. The van der Waals surface area contributed by atoms with Crippen LogP contribution in [0.3, 0.4) is 0 Å². The lowest BCUT2D eigenvalue weighted by Crippen LogP contribution is -2.59. The van der Waals surface area contributed by atoms with Crippen LogP contribution in [-0.4, -0.2) is 47.1 Å². The first kappa shape index (κ1) is 16.3. The second-order valence-corrected chi connectivity index (χ2v) is 6.96. The molecule has 1 aliphatic heterocycles. The Kier molecular flexibility index (Phi) is 5.62. The van der Waals surface area contributed by atoms with E-state index >= 15 is 0 Å². The Morgan fingerprint density at radius 3 is 2.86 bits per heavy atom. The molecule has 0 radical (unpaired) electrons. The molecule has 3 unspecified atom stereocenters. The van der Waals surface area contributed by atoms with Gasteiger partial charge in [-0.3, -0.25) is 14.5 Å². The summed E-state index contributed by atoms with van der Waals surface area (Å²) in [4.78, 5) is 25.2. The summed E-state index contributed by atoms with van der Waals surface area (Å²) in [5.41, 5.74) is 0. The standard InChI is InChI=1S/C16H28N2O3/c1-11(2)8-12-4-3-5-13(9-12)18-7-6-17-16(21)14(18)10-15(19)20/h11-14H,3-10H2,1-2H3,(H,17,21)(H,19,20). The molecule has 2 fully saturated rings. The van der Waals surface area contributed by atoms with Crippen molar-refractivity contribution in [3.63, 3.8) is 0 Å². The molecule has 0 aromatic carbocycles. The number of piperazine rings is 1. The van der Waals surface area contributed by atoms with Crippen molar-refractivity contribution in [1.82, 2.24) is 10.2 Å². The minimum absolute atomic E-state index is 0.0861. The van der Waals surface area contributed by atoms with Crippen LogP contribution in [0, 0.1) is 11.8 Å². The molecule has 0 aromatic rings. The molecule has 1 heterocycles. The van der Waals surface area contributed by atoms with Gasteiger partial charge >= 0.3 is 5.97 Å². The van der Waals surface area contributed by atoms with Gasteiger partial charge in [-0.05, 0) is 31.1 Å². The van der Waals surface area contributed by atoms with Crippen LogP contribution < -0.4 is 5.32 Å². The number of nitrogens with one attached hydrogen (secondary N) is 1. The van der Waals surface area contributed by atoms with E-state index in [1.165, 1.54) is 19.3 Å². The van der Waals surface area contributed by atoms with E-state index in [0.717, 1.165) is 25.3 Å². The lowest BCUT2D eigenvalue weighted by molar-refractivity contribution is -0.144. The van der Waals surface area contributed by atoms with E-state index in [9.17, 15) is 9.59 Å². The maximum atomic E-state index is 12.0. The number of carboxylic acids is 1. The zero-order chi connectivity index (χ0) is 15.4. The highest BCUT2D eigenvalue weighted by Gasteiger charge is 2.37. The zero-order valence-electron chi connectivity index (χ0n) is 13.2. The first-order valence-corrected chi connectivity index (χ1v) is 8.22. The molecule has 21 heavy (non-hydrogen) atoms. The maximum Gasteiger partial charge on any atom is 0.305 e. The van der Waals surface area contributed by atoms with Gasteiger partial charge < -0.3 is 10.4 Å². The number of aliphatic carboxylic acids is 1. The highest BCUT2D eigenvalue weighted by Crippen LogP contribution is 2.33. The number of carbonyl (C=O) groups excluding carboxylic acids is 1. The van der Waals surface area contributed by atoms with Crippen molar-refractivity contribution in [2.75, 3.05) is 13.1 Å². The minimum atomic E-state index is -0.892. The van der Waals surface area contributed by atoms with Gasteiger partial charge in [0.2, 0.25) is 5.91 Å². The van der Waals surface area contributed by atoms with Crippen LogP contribution in [0.2, 0.25) is 0 Å². The first-order chi connectivity index (χ1) is 9.97. The van der Waals surface area contributed by atoms with Gasteiger partial charge in [-0.1, -0.05) is 26.7 Å². The Hall–Kier alpha value is -1.10. The third-order valence-electron chi connectivity index (χ3n) is 4.77. The third-order valence-corrected chi connectivity index (χ3v) is 4.77. The van der Waals surface area contributed by atoms with E-state index in [-0.39, 0.29) is 12.3 Å². The highest BCUT2D eigenvalue weighted by molar-refractivity contribution is 5.86. The average molecular weight is 296 g/mol. The average Bonchev–Trinajstić information content (AvgIpc) is 2.40. The van der Waals surface area contributed by atoms with Gasteiger partial charge in [-0.25, -0.2) is 0 Å². The monoisotopic (exact) mass is 296 g/mol. The van der Waals surface area contributed by atoms with Gasteiger partial charge in [-0.2, -0.15) is 0 Å². The Bertz CT molecular complexity index is 384. The smallest absolute Gasteiger partial charge is 0.305 e. The molecule has 0 spiro atoms. The summed E-state index contributed by atoms with van der Waals surface area (Å²) in [6.45, 7) is 5.93. The second kappa shape index (κ2) is 7.25. The van der Waals surface area contributed by atoms with E-state index in [0.29, 0.717) is 18.5 Å². The molecule has 1 saturated heterocycles. The van der Waals surface area contributed by atoms with Gasteiger partial charge in [0, 0.05) is 19.1 Å². The van der Waals surface area contributed by atoms with Crippen molar-refractivity contribution in [3.8, 4) is 0 Å². The normalized spacial score (nSPS) is 31.2. The molecule has 3 atom stereocenters. The Morgan fingerprint density at radius 1 is 1.43 bits per heavy atom. The second-order valence-electron chi connectivity index (χ2n) is 6.96. The number of amides is 1. The molecule has 0 aromatic heterocycles. The fourth-order valence-corrected chi connectivity index (χ4v) is 3.99. The molecule has 2 rings (SSSR count). The topological polar surface area (TPSA) is 69.6 Å². The van der Waals surface area contributed by atoms with Crippen LogP contribution in [0.1, 0.15) is 52.4 Å². The van der Waals surface area contributed by atoms with Crippen LogP contribution in [-0.2, 0) is 9.59 Å². The predicted molar refractivity (Wildman–Crippen MR) is 81.0 cm³/mol. The van der Waals surface area contributed by atoms with Crippen molar-refractivity contribution in [1.29, 1.82) is 0 Å². The Labute approximate surface area is 127 Å². The van der Waals surface area contributed by atoms with Crippen molar-refractivity contribution < 1.29 is 14.7 Å². The number of carboxylic acid groups (broad SMARTS) is 1.